The smallest absolute Gasteiger partial charge is 0.277 e. The van der Waals surface area contributed by atoms with Crippen LogP contribution in [-0.2, 0) is 4.79 Å². The van der Waals surface area contributed by atoms with Gasteiger partial charge in [0.05, 0.1) is 9.78 Å². The molecule has 0 aliphatic heterocycles. The molecule has 0 spiro atoms. The summed E-state index contributed by atoms with van der Waals surface area (Å²) >= 11 is 5.36. The van der Waals surface area contributed by atoms with Crippen molar-refractivity contribution in [2.75, 3.05) is 6.61 Å². The van der Waals surface area contributed by atoms with Gasteiger partial charge in [-0.3, -0.25) is 4.79 Å². The summed E-state index contributed by atoms with van der Waals surface area (Å²) in [6.45, 7) is 3.72. The van der Waals surface area contributed by atoms with Crippen molar-refractivity contribution in [3.63, 3.8) is 0 Å². The number of rotatable bonds is 5. The van der Waals surface area contributed by atoms with E-state index < -0.39 is 0 Å². The van der Waals surface area contributed by atoms with Crippen molar-refractivity contribution in [3.05, 3.63) is 55.1 Å². The molecule has 0 bridgehead atoms. The fourth-order valence-electron chi connectivity index (χ4n) is 2.05. The minimum Gasteiger partial charge on any atom is -0.506 e. The van der Waals surface area contributed by atoms with Crippen LogP contribution >= 0.6 is 38.5 Å². The molecule has 2 N–H and O–H groups in total. The fourth-order valence-corrected chi connectivity index (χ4v) is 3.61. The van der Waals surface area contributed by atoms with Crippen molar-refractivity contribution in [2.45, 2.75) is 13.8 Å². The van der Waals surface area contributed by atoms with Crippen LogP contribution in [0.1, 0.15) is 16.7 Å². The number of benzene rings is 2. The largest absolute Gasteiger partial charge is 0.506 e. The highest BCUT2D eigenvalue weighted by Crippen LogP contribution is 2.27. The molecular weight excluding hydrogens is 487 g/mol. The van der Waals surface area contributed by atoms with E-state index in [1.54, 1.807) is 12.1 Å². The zero-order valence-electron chi connectivity index (χ0n) is 13.1. The highest BCUT2D eigenvalue weighted by atomic mass is 127. The van der Waals surface area contributed by atoms with Crippen molar-refractivity contribution in [1.29, 1.82) is 0 Å². The number of amides is 1. The molecule has 24 heavy (non-hydrogen) atoms. The molecule has 0 aliphatic rings. The van der Waals surface area contributed by atoms with Gasteiger partial charge in [-0.05, 0) is 59.7 Å². The average molecular weight is 503 g/mol. The Morgan fingerprint density at radius 3 is 2.71 bits per heavy atom. The van der Waals surface area contributed by atoms with Crippen LogP contribution in [0.25, 0.3) is 0 Å². The summed E-state index contributed by atoms with van der Waals surface area (Å²) in [5.74, 6) is 0.442. The fraction of sp³-hybridized carbons (Fsp3) is 0.176. The van der Waals surface area contributed by atoms with E-state index in [-0.39, 0.29) is 18.3 Å². The second-order valence-corrected chi connectivity index (χ2v) is 7.21. The third-order valence-corrected chi connectivity index (χ3v) is 4.49. The molecule has 0 unspecified atom stereocenters. The van der Waals surface area contributed by atoms with E-state index in [4.69, 9.17) is 4.74 Å². The van der Waals surface area contributed by atoms with Gasteiger partial charge < -0.3 is 9.84 Å². The lowest BCUT2D eigenvalue weighted by molar-refractivity contribution is -0.123. The predicted molar refractivity (Wildman–Crippen MR) is 106 cm³/mol. The maximum Gasteiger partial charge on any atom is 0.277 e. The zero-order chi connectivity index (χ0) is 17.7. The Hall–Kier alpha value is -1.61. The van der Waals surface area contributed by atoms with Gasteiger partial charge in [-0.25, -0.2) is 5.43 Å². The van der Waals surface area contributed by atoms with E-state index in [1.165, 1.54) is 6.21 Å². The molecule has 2 aromatic carbocycles. The number of hydrogen-bond donors (Lipinski definition) is 2. The van der Waals surface area contributed by atoms with E-state index in [2.05, 4.69) is 26.5 Å². The normalized spacial score (nSPS) is 10.8. The molecular formula is C17H16BrIN2O3. The molecule has 0 fully saturated rings. The number of nitrogens with zero attached hydrogens (tertiary/aromatic N) is 1. The molecule has 2 rings (SSSR count). The molecule has 0 aliphatic carbocycles. The van der Waals surface area contributed by atoms with Crippen LogP contribution < -0.4 is 10.2 Å². The van der Waals surface area contributed by atoms with Gasteiger partial charge in [0.1, 0.15) is 11.5 Å². The van der Waals surface area contributed by atoms with E-state index in [0.717, 1.165) is 15.6 Å². The van der Waals surface area contributed by atoms with Crippen LogP contribution in [0.3, 0.4) is 0 Å². The number of aryl methyl sites for hydroxylation is 2. The summed E-state index contributed by atoms with van der Waals surface area (Å²) in [4.78, 5) is 11.8. The molecule has 0 radical (unpaired) electrons. The standard InChI is InChI=1S/C17H16BrIN2O3/c1-10-4-3-5-11(2)17(10)24-9-15(22)21-20-8-12-6-13(18)7-14(19)16(12)23/h3-8,23H,9H2,1-2H3,(H,21,22). The van der Waals surface area contributed by atoms with E-state index >= 15 is 0 Å². The first-order valence-electron chi connectivity index (χ1n) is 7.07. The number of hydrogen-bond acceptors (Lipinski definition) is 4. The number of phenols is 1. The van der Waals surface area contributed by atoms with Crippen LogP contribution in [0.15, 0.2) is 39.9 Å². The first-order valence-corrected chi connectivity index (χ1v) is 8.94. The van der Waals surface area contributed by atoms with Crippen LogP contribution in [-0.4, -0.2) is 23.8 Å². The average Bonchev–Trinajstić information content (AvgIpc) is 2.51. The SMILES string of the molecule is Cc1cccc(C)c1OCC(=O)NN=Cc1cc(Br)cc(I)c1O. The van der Waals surface area contributed by atoms with Crippen LogP contribution in [0, 0.1) is 17.4 Å². The number of ether oxygens (including phenoxy) is 1. The Balaban J connectivity index is 1.94. The molecule has 126 valence electrons. The summed E-state index contributed by atoms with van der Waals surface area (Å²) in [7, 11) is 0. The summed E-state index contributed by atoms with van der Waals surface area (Å²) in [5.41, 5.74) is 4.83. The summed E-state index contributed by atoms with van der Waals surface area (Å²) in [5, 5.41) is 13.8. The third kappa shape index (κ3) is 4.94. The zero-order valence-corrected chi connectivity index (χ0v) is 16.9. The molecule has 0 heterocycles. The Labute approximate surface area is 162 Å². The van der Waals surface area contributed by atoms with E-state index in [9.17, 15) is 9.90 Å². The number of halogens is 2. The first kappa shape index (κ1) is 18.7. The molecule has 0 saturated carbocycles. The van der Waals surface area contributed by atoms with Gasteiger partial charge in [0.2, 0.25) is 0 Å². The predicted octanol–water partition coefficient (Wildman–Crippen LogP) is 3.91. The van der Waals surface area contributed by atoms with Gasteiger partial charge in [0.25, 0.3) is 5.91 Å². The topological polar surface area (TPSA) is 70.9 Å². The number of hydrazone groups is 1. The molecule has 5 nitrogen and oxygen atoms in total. The van der Waals surface area contributed by atoms with Crippen LogP contribution in [0.4, 0.5) is 0 Å². The highest BCUT2D eigenvalue weighted by molar-refractivity contribution is 14.1. The molecule has 7 heteroatoms. The van der Waals surface area contributed by atoms with Crippen molar-refractivity contribution < 1.29 is 14.6 Å². The molecule has 2 aromatic rings. The van der Waals surface area contributed by atoms with Gasteiger partial charge in [0.15, 0.2) is 6.61 Å². The maximum atomic E-state index is 11.8. The molecule has 0 aromatic heterocycles. The Morgan fingerprint density at radius 2 is 2.04 bits per heavy atom. The van der Waals surface area contributed by atoms with Gasteiger partial charge in [-0.1, -0.05) is 34.1 Å². The lowest BCUT2D eigenvalue weighted by atomic mass is 10.1. The lowest BCUT2D eigenvalue weighted by Gasteiger charge is -2.10. The van der Waals surface area contributed by atoms with E-state index in [0.29, 0.717) is 14.9 Å². The number of para-hydroxylation sites is 1. The summed E-state index contributed by atoms with van der Waals surface area (Å²) in [6.07, 6.45) is 1.39. The van der Waals surface area contributed by atoms with Crippen molar-refractivity contribution >= 4 is 50.6 Å². The van der Waals surface area contributed by atoms with Crippen LogP contribution in [0.5, 0.6) is 11.5 Å². The number of carbonyl (C=O) groups is 1. The van der Waals surface area contributed by atoms with Gasteiger partial charge >= 0.3 is 0 Å². The highest BCUT2D eigenvalue weighted by Gasteiger charge is 2.07. The lowest BCUT2D eigenvalue weighted by Crippen LogP contribution is -2.25. The van der Waals surface area contributed by atoms with Crippen molar-refractivity contribution in [3.8, 4) is 11.5 Å². The quantitative estimate of drug-likeness (QED) is 0.370. The number of nitrogens with one attached hydrogen (secondary N) is 1. The van der Waals surface area contributed by atoms with Gasteiger partial charge in [-0.15, -0.1) is 0 Å². The number of carbonyl (C=O) groups excluding carboxylic acids is 1. The molecule has 0 saturated heterocycles. The molecule has 1 amide bonds. The first-order chi connectivity index (χ1) is 11.4. The summed E-state index contributed by atoms with van der Waals surface area (Å²) in [6, 6.07) is 9.28. The summed E-state index contributed by atoms with van der Waals surface area (Å²) < 4.78 is 7.05. The van der Waals surface area contributed by atoms with Gasteiger partial charge in [-0.2, -0.15) is 5.10 Å². The minimum atomic E-state index is -0.377. The monoisotopic (exact) mass is 502 g/mol. The Morgan fingerprint density at radius 1 is 1.38 bits per heavy atom. The third-order valence-electron chi connectivity index (χ3n) is 3.21. The number of aromatic hydroxyl groups is 1. The van der Waals surface area contributed by atoms with Gasteiger partial charge in [0, 0.05) is 10.0 Å². The maximum absolute atomic E-state index is 11.8. The second kappa shape index (κ2) is 8.48. The Bertz CT molecular complexity index is 773. The van der Waals surface area contributed by atoms with Crippen LogP contribution in [0.2, 0.25) is 0 Å². The minimum absolute atomic E-state index is 0.114. The van der Waals surface area contributed by atoms with Crippen molar-refractivity contribution in [1.82, 2.24) is 5.43 Å². The Kier molecular flexibility index (Phi) is 6.61. The molecule has 0 atom stereocenters. The van der Waals surface area contributed by atoms with Crippen molar-refractivity contribution in [2.24, 2.45) is 5.10 Å². The van der Waals surface area contributed by atoms with E-state index in [1.807, 2.05) is 54.6 Å². The second-order valence-electron chi connectivity index (χ2n) is 5.13. The number of phenolic OH excluding ortho intramolecular Hbond substituents is 1.